The Balaban J connectivity index is 2.21. The lowest BCUT2D eigenvalue weighted by molar-refractivity contribution is 0.185. The first-order chi connectivity index (χ1) is 8.26. The summed E-state index contributed by atoms with van der Waals surface area (Å²) in [6.07, 6.45) is 2.10. The van der Waals surface area contributed by atoms with E-state index in [1.807, 2.05) is 12.1 Å². The van der Waals surface area contributed by atoms with Crippen LogP contribution in [0.2, 0.25) is 0 Å². The van der Waals surface area contributed by atoms with Gasteiger partial charge in [0.1, 0.15) is 5.75 Å². The van der Waals surface area contributed by atoms with Crippen LogP contribution in [0.3, 0.4) is 0 Å². The fourth-order valence-electron chi connectivity index (χ4n) is 1.65. The Morgan fingerprint density at radius 2 is 1.88 bits per heavy atom. The summed E-state index contributed by atoms with van der Waals surface area (Å²) in [5.74, 6) is 0.912. The SMILES string of the molecule is COCCC(C)NCCc1ccc(OC)cc1. The van der Waals surface area contributed by atoms with Gasteiger partial charge >= 0.3 is 0 Å². The van der Waals surface area contributed by atoms with Crippen molar-refractivity contribution in [1.29, 1.82) is 0 Å². The summed E-state index contributed by atoms with van der Waals surface area (Å²) in [7, 11) is 3.43. The lowest BCUT2D eigenvalue weighted by atomic mass is 10.1. The minimum atomic E-state index is 0.508. The fraction of sp³-hybridized carbons (Fsp3) is 0.571. The van der Waals surface area contributed by atoms with Crippen LogP contribution in [0, 0.1) is 0 Å². The van der Waals surface area contributed by atoms with Crippen molar-refractivity contribution in [1.82, 2.24) is 5.32 Å². The molecule has 96 valence electrons. The van der Waals surface area contributed by atoms with E-state index in [0.29, 0.717) is 6.04 Å². The average Bonchev–Trinajstić information content (AvgIpc) is 2.37. The maximum absolute atomic E-state index is 5.13. The molecule has 17 heavy (non-hydrogen) atoms. The normalized spacial score (nSPS) is 12.4. The number of ether oxygens (including phenoxy) is 2. The lowest BCUT2D eigenvalue weighted by Gasteiger charge is -2.13. The summed E-state index contributed by atoms with van der Waals surface area (Å²) in [5.41, 5.74) is 1.33. The topological polar surface area (TPSA) is 30.5 Å². The van der Waals surface area contributed by atoms with E-state index in [0.717, 1.165) is 31.7 Å². The van der Waals surface area contributed by atoms with Crippen molar-refractivity contribution in [3.63, 3.8) is 0 Å². The third kappa shape index (κ3) is 5.71. The molecule has 0 saturated heterocycles. The molecule has 0 saturated carbocycles. The molecule has 1 rings (SSSR count). The highest BCUT2D eigenvalue weighted by Gasteiger charge is 2.00. The maximum atomic E-state index is 5.13. The zero-order valence-electron chi connectivity index (χ0n) is 11.0. The van der Waals surface area contributed by atoms with Gasteiger partial charge in [0.25, 0.3) is 0 Å². The Labute approximate surface area is 104 Å². The second-order valence-electron chi connectivity index (χ2n) is 4.23. The van der Waals surface area contributed by atoms with Gasteiger partial charge in [0.15, 0.2) is 0 Å². The van der Waals surface area contributed by atoms with Crippen molar-refractivity contribution < 1.29 is 9.47 Å². The zero-order chi connectivity index (χ0) is 12.5. The molecule has 0 fully saturated rings. The van der Waals surface area contributed by atoms with Gasteiger partial charge in [-0.3, -0.25) is 0 Å². The molecule has 1 aromatic rings. The molecule has 0 spiro atoms. The number of rotatable bonds is 8. The van der Waals surface area contributed by atoms with Crippen LogP contribution in [0.4, 0.5) is 0 Å². The Kier molecular flexibility index (Phi) is 6.67. The Hall–Kier alpha value is -1.06. The van der Waals surface area contributed by atoms with E-state index in [-0.39, 0.29) is 0 Å². The first-order valence-electron chi connectivity index (χ1n) is 6.11. The molecule has 0 amide bonds. The van der Waals surface area contributed by atoms with Crippen molar-refractivity contribution in [2.24, 2.45) is 0 Å². The molecule has 0 aliphatic carbocycles. The summed E-state index contributed by atoms with van der Waals surface area (Å²) in [4.78, 5) is 0. The second-order valence-corrected chi connectivity index (χ2v) is 4.23. The van der Waals surface area contributed by atoms with Crippen LogP contribution in [-0.4, -0.2) is 33.4 Å². The molecule has 1 aromatic carbocycles. The smallest absolute Gasteiger partial charge is 0.118 e. The number of hydrogen-bond acceptors (Lipinski definition) is 3. The molecule has 0 aliphatic heterocycles. The molecule has 0 bridgehead atoms. The predicted octanol–water partition coefficient (Wildman–Crippen LogP) is 2.25. The number of nitrogens with one attached hydrogen (secondary N) is 1. The Morgan fingerprint density at radius 1 is 1.18 bits per heavy atom. The van der Waals surface area contributed by atoms with E-state index in [1.165, 1.54) is 5.56 Å². The first kappa shape index (κ1) is 14.0. The van der Waals surface area contributed by atoms with Gasteiger partial charge in [-0.05, 0) is 44.0 Å². The highest BCUT2D eigenvalue weighted by Crippen LogP contribution is 2.11. The van der Waals surface area contributed by atoms with E-state index >= 15 is 0 Å². The molecule has 1 N–H and O–H groups in total. The monoisotopic (exact) mass is 237 g/mol. The summed E-state index contributed by atoms with van der Waals surface area (Å²) in [6, 6.07) is 8.74. The van der Waals surface area contributed by atoms with Gasteiger partial charge in [0, 0.05) is 19.8 Å². The molecule has 3 heteroatoms. The molecule has 1 atom stereocenters. The predicted molar refractivity (Wildman–Crippen MR) is 70.7 cm³/mol. The molecular weight excluding hydrogens is 214 g/mol. The van der Waals surface area contributed by atoms with Crippen LogP contribution >= 0.6 is 0 Å². The first-order valence-corrected chi connectivity index (χ1v) is 6.11. The summed E-state index contributed by atoms with van der Waals surface area (Å²) in [5, 5.41) is 3.48. The van der Waals surface area contributed by atoms with Gasteiger partial charge in [-0.25, -0.2) is 0 Å². The highest BCUT2D eigenvalue weighted by molar-refractivity contribution is 5.27. The summed E-state index contributed by atoms with van der Waals surface area (Å²) >= 11 is 0. The highest BCUT2D eigenvalue weighted by atomic mass is 16.5. The van der Waals surface area contributed by atoms with Crippen molar-refractivity contribution in [3.8, 4) is 5.75 Å². The summed E-state index contributed by atoms with van der Waals surface area (Å²) in [6.45, 7) is 4.00. The van der Waals surface area contributed by atoms with Gasteiger partial charge in [-0.2, -0.15) is 0 Å². The average molecular weight is 237 g/mol. The summed E-state index contributed by atoms with van der Waals surface area (Å²) < 4.78 is 10.2. The largest absolute Gasteiger partial charge is 0.497 e. The number of methoxy groups -OCH3 is 2. The molecule has 0 aliphatic rings. The van der Waals surface area contributed by atoms with E-state index < -0.39 is 0 Å². The second kappa shape index (κ2) is 8.09. The van der Waals surface area contributed by atoms with Gasteiger partial charge < -0.3 is 14.8 Å². The Bertz CT molecular complexity index is 298. The molecule has 0 radical (unpaired) electrons. The molecule has 3 nitrogen and oxygen atoms in total. The minimum absolute atomic E-state index is 0.508. The van der Waals surface area contributed by atoms with Crippen LogP contribution in [0.1, 0.15) is 18.9 Å². The van der Waals surface area contributed by atoms with Gasteiger partial charge in [-0.1, -0.05) is 12.1 Å². The van der Waals surface area contributed by atoms with Crippen LogP contribution in [0.15, 0.2) is 24.3 Å². The molecule has 0 heterocycles. The van der Waals surface area contributed by atoms with Gasteiger partial charge in [-0.15, -0.1) is 0 Å². The van der Waals surface area contributed by atoms with Crippen LogP contribution in [0.5, 0.6) is 5.75 Å². The number of hydrogen-bond donors (Lipinski definition) is 1. The zero-order valence-corrected chi connectivity index (χ0v) is 11.0. The van der Waals surface area contributed by atoms with Gasteiger partial charge in [0.2, 0.25) is 0 Å². The van der Waals surface area contributed by atoms with E-state index in [4.69, 9.17) is 9.47 Å². The van der Waals surface area contributed by atoms with Gasteiger partial charge in [0.05, 0.1) is 7.11 Å². The van der Waals surface area contributed by atoms with E-state index in [9.17, 15) is 0 Å². The minimum Gasteiger partial charge on any atom is -0.497 e. The van der Waals surface area contributed by atoms with Crippen LogP contribution in [-0.2, 0) is 11.2 Å². The maximum Gasteiger partial charge on any atom is 0.118 e. The fourth-order valence-corrected chi connectivity index (χ4v) is 1.65. The molecular formula is C14H23NO2. The van der Waals surface area contributed by atoms with Crippen molar-refractivity contribution >= 4 is 0 Å². The molecule has 0 aromatic heterocycles. The van der Waals surface area contributed by atoms with Crippen LogP contribution < -0.4 is 10.1 Å². The lowest BCUT2D eigenvalue weighted by Crippen LogP contribution is -2.29. The van der Waals surface area contributed by atoms with Crippen LogP contribution in [0.25, 0.3) is 0 Å². The van der Waals surface area contributed by atoms with E-state index in [2.05, 4.69) is 24.4 Å². The third-order valence-electron chi connectivity index (χ3n) is 2.82. The van der Waals surface area contributed by atoms with E-state index in [1.54, 1.807) is 14.2 Å². The number of benzene rings is 1. The standard InChI is InChI=1S/C14H23NO2/c1-12(9-11-16-2)15-10-8-13-4-6-14(17-3)7-5-13/h4-7,12,15H,8-11H2,1-3H3. The van der Waals surface area contributed by atoms with Crippen molar-refractivity contribution in [2.45, 2.75) is 25.8 Å². The quantitative estimate of drug-likeness (QED) is 0.752. The van der Waals surface area contributed by atoms with Crippen molar-refractivity contribution in [2.75, 3.05) is 27.4 Å². The molecule has 1 unspecified atom stereocenters. The third-order valence-corrected chi connectivity index (χ3v) is 2.82. The Morgan fingerprint density at radius 3 is 2.47 bits per heavy atom. The van der Waals surface area contributed by atoms with Crippen molar-refractivity contribution in [3.05, 3.63) is 29.8 Å².